The van der Waals surface area contributed by atoms with E-state index in [1.54, 1.807) is 0 Å². The highest BCUT2D eigenvalue weighted by Gasteiger charge is 2.24. The smallest absolute Gasteiger partial charge is 0.228 e. The largest absolute Gasteiger partial charge is 0.436 e. The van der Waals surface area contributed by atoms with Crippen molar-refractivity contribution in [2.75, 3.05) is 0 Å². The second kappa shape index (κ2) is 6.93. The zero-order chi connectivity index (χ0) is 17.4. The van der Waals surface area contributed by atoms with Gasteiger partial charge in [-0.1, -0.05) is 24.6 Å². The van der Waals surface area contributed by atoms with Gasteiger partial charge in [0.2, 0.25) is 5.89 Å². The standard InChI is InChI=1S/C21H23BrN2O/c1-14-6-5-7-15(2)24(14)13-16-10-11-20-19(12-16)23-21(25-20)17-8-3-4-9-18(17)22/h3-4,8-12,14-15H,5-7,13H2,1-2H3/t14-,15-/m0/s1. The summed E-state index contributed by atoms with van der Waals surface area (Å²) in [6.07, 6.45) is 3.93. The molecule has 1 aliphatic rings. The molecule has 0 unspecified atom stereocenters. The number of likely N-dealkylation sites (tertiary alicyclic amines) is 1. The zero-order valence-electron chi connectivity index (χ0n) is 14.7. The van der Waals surface area contributed by atoms with Gasteiger partial charge in [-0.3, -0.25) is 4.90 Å². The zero-order valence-corrected chi connectivity index (χ0v) is 16.3. The maximum atomic E-state index is 5.97. The predicted molar refractivity (Wildman–Crippen MR) is 105 cm³/mol. The van der Waals surface area contributed by atoms with Gasteiger partial charge in [-0.2, -0.15) is 0 Å². The van der Waals surface area contributed by atoms with Crippen molar-refractivity contribution >= 4 is 27.0 Å². The van der Waals surface area contributed by atoms with Crippen LogP contribution >= 0.6 is 15.9 Å². The van der Waals surface area contributed by atoms with Gasteiger partial charge < -0.3 is 4.42 Å². The highest BCUT2D eigenvalue weighted by molar-refractivity contribution is 9.10. The Morgan fingerprint density at radius 3 is 2.64 bits per heavy atom. The first-order valence-electron chi connectivity index (χ1n) is 9.02. The van der Waals surface area contributed by atoms with Crippen LogP contribution in [0.4, 0.5) is 0 Å². The van der Waals surface area contributed by atoms with Gasteiger partial charge in [0.1, 0.15) is 5.52 Å². The first kappa shape index (κ1) is 16.8. The van der Waals surface area contributed by atoms with Crippen LogP contribution in [0.5, 0.6) is 0 Å². The molecule has 4 rings (SSSR count). The van der Waals surface area contributed by atoms with Gasteiger partial charge >= 0.3 is 0 Å². The molecular weight excluding hydrogens is 376 g/mol. The molecule has 2 heterocycles. The molecule has 2 atom stereocenters. The van der Waals surface area contributed by atoms with E-state index < -0.39 is 0 Å². The molecule has 4 heteroatoms. The van der Waals surface area contributed by atoms with Gasteiger partial charge in [-0.15, -0.1) is 0 Å². The Labute approximate surface area is 157 Å². The molecule has 3 aromatic rings. The van der Waals surface area contributed by atoms with Crippen molar-refractivity contribution in [1.29, 1.82) is 0 Å². The van der Waals surface area contributed by atoms with Crippen LogP contribution in [-0.2, 0) is 6.54 Å². The number of hydrogen-bond acceptors (Lipinski definition) is 3. The average molecular weight is 399 g/mol. The third-order valence-electron chi connectivity index (χ3n) is 5.30. The van der Waals surface area contributed by atoms with Crippen molar-refractivity contribution in [3.63, 3.8) is 0 Å². The lowest BCUT2D eigenvalue weighted by Gasteiger charge is -2.39. The van der Waals surface area contributed by atoms with E-state index in [9.17, 15) is 0 Å². The summed E-state index contributed by atoms with van der Waals surface area (Å²) in [4.78, 5) is 7.33. The van der Waals surface area contributed by atoms with E-state index in [1.807, 2.05) is 24.3 Å². The highest BCUT2D eigenvalue weighted by atomic mass is 79.9. The van der Waals surface area contributed by atoms with Gasteiger partial charge in [0, 0.05) is 23.1 Å². The molecule has 0 spiro atoms. The normalized spacial score (nSPS) is 21.7. The molecule has 3 nitrogen and oxygen atoms in total. The molecule has 0 aliphatic carbocycles. The van der Waals surface area contributed by atoms with Crippen LogP contribution < -0.4 is 0 Å². The number of hydrogen-bond donors (Lipinski definition) is 0. The number of piperidine rings is 1. The van der Waals surface area contributed by atoms with Crippen LogP contribution in [0.25, 0.3) is 22.6 Å². The van der Waals surface area contributed by atoms with Crippen molar-refractivity contribution in [2.24, 2.45) is 0 Å². The van der Waals surface area contributed by atoms with Crippen molar-refractivity contribution < 1.29 is 4.42 Å². The van der Waals surface area contributed by atoms with E-state index >= 15 is 0 Å². The predicted octanol–water partition coefficient (Wildman–Crippen LogP) is 6.02. The van der Waals surface area contributed by atoms with Crippen molar-refractivity contribution in [3.05, 3.63) is 52.5 Å². The summed E-state index contributed by atoms with van der Waals surface area (Å²) < 4.78 is 6.97. The molecule has 0 radical (unpaired) electrons. The van der Waals surface area contributed by atoms with Gasteiger partial charge in [-0.05, 0) is 72.4 Å². The number of fused-ring (bicyclic) bond motifs is 1. The molecule has 0 bridgehead atoms. The highest BCUT2D eigenvalue weighted by Crippen LogP contribution is 2.31. The molecule has 1 aromatic heterocycles. The minimum atomic E-state index is 0.646. The van der Waals surface area contributed by atoms with Gasteiger partial charge in [0.25, 0.3) is 0 Å². The van der Waals surface area contributed by atoms with Crippen LogP contribution in [0.1, 0.15) is 38.7 Å². The van der Waals surface area contributed by atoms with E-state index in [-0.39, 0.29) is 0 Å². The first-order chi connectivity index (χ1) is 12.1. The van der Waals surface area contributed by atoms with Crippen LogP contribution in [0.3, 0.4) is 0 Å². The Bertz CT molecular complexity index is 878. The number of halogens is 1. The average Bonchev–Trinajstić information content (AvgIpc) is 3.01. The Balaban J connectivity index is 1.63. The molecular formula is C21H23BrN2O. The summed E-state index contributed by atoms with van der Waals surface area (Å²) >= 11 is 3.58. The molecule has 2 aromatic carbocycles. The molecule has 0 saturated carbocycles. The third kappa shape index (κ3) is 3.38. The second-order valence-electron chi connectivity index (χ2n) is 7.10. The number of aromatic nitrogens is 1. The molecule has 130 valence electrons. The molecule has 1 fully saturated rings. The lowest BCUT2D eigenvalue weighted by Crippen LogP contribution is -2.42. The number of benzene rings is 2. The number of rotatable bonds is 3. The van der Waals surface area contributed by atoms with E-state index in [4.69, 9.17) is 9.40 Å². The summed E-state index contributed by atoms with van der Waals surface area (Å²) in [5, 5.41) is 0. The summed E-state index contributed by atoms with van der Waals surface area (Å²) in [6, 6.07) is 15.7. The fourth-order valence-electron chi connectivity index (χ4n) is 3.82. The fraction of sp³-hybridized carbons (Fsp3) is 0.381. The van der Waals surface area contributed by atoms with E-state index in [0.29, 0.717) is 18.0 Å². The first-order valence-corrected chi connectivity index (χ1v) is 9.81. The third-order valence-corrected chi connectivity index (χ3v) is 5.99. The second-order valence-corrected chi connectivity index (χ2v) is 7.96. The Morgan fingerprint density at radius 2 is 1.88 bits per heavy atom. The van der Waals surface area contributed by atoms with Crippen LogP contribution in [0, 0.1) is 0 Å². The maximum absolute atomic E-state index is 5.97. The minimum Gasteiger partial charge on any atom is -0.436 e. The maximum Gasteiger partial charge on any atom is 0.228 e. The van der Waals surface area contributed by atoms with Gasteiger partial charge in [0.05, 0.1) is 5.56 Å². The summed E-state index contributed by atoms with van der Waals surface area (Å²) in [7, 11) is 0. The van der Waals surface area contributed by atoms with Crippen LogP contribution in [0.2, 0.25) is 0 Å². The molecule has 25 heavy (non-hydrogen) atoms. The van der Waals surface area contributed by atoms with Gasteiger partial charge in [-0.25, -0.2) is 4.98 Å². The summed E-state index contributed by atoms with van der Waals surface area (Å²) in [5.74, 6) is 0.666. The fourth-order valence-corrected chi connectivity index (χ4v) is 4.27. The Hall–Kier alpha value is -1.65. The molecule has 0 amide bonds. The number of oxazole rings is 1. The molecule has 0 N–H and O–H groups in total. The minimum absolute atomic E-state index is 0.646. The van der Waals surface area contributed by atoms with E-state index in [1.165, 1.54) is 24.8 Å². The lowest BCUT2D eigenvalue weighted by molar-refractivity contribution is 0.0953. The molecule has 1 aliphatic heterocycles. The Kier molecular flexibility index (Phi) is 4.65. The lowest BCUT2D eigenvalue weighted by atomic mass is 9.97. The topological polar surface area (TPSA) is 29.3 Å². The van der Waals surface area contributed by atoms with Crippen molar-refractivity contribution in [1.82, 2.24) is 9.88 Å². The van der Waals surface area contributed by atoms with Crippen molar-refractivity contribution in [3.8, 4) is 11.5 Å². The van der Waals surface area contributed by atoms with E-state index in [2.05, 4.69) is 52.9 Å². The van der Waals surface area contributed by atoms with E-state index in [0.717, 1.165) is 27.7 Å². The quantitative estimate of drug-likeness (QED) is 0.539. The summed E-state index contributed by atoms with van der Waals surface area (Å²) in [5.41, 5.74) is 4.06. The van der Waals surface area contributed by atoms with Crippen LogP contribution in [0.15, 0.2) is 51.4 Å². The summed E-state index contributed by atoms with van der Waals surface area (Å²) in [6.45, 7) is 5.67. The van der Waals surface area contributed by atoms with Gasteiger partial charge in [0.15, 0.2) is 5.58 Å². The Morgan fingerprint density at radius 1 is 1.12 bits per heavy atom. The number of nitrogens with zero attached hydrogens (tertiary/aromatic N) is 2. The van der Waals surface area contributed by atoms with Crippen molar-refractivity contribution in [2.45, 2.75) is 51.7 Å². The monoisotopic (exact) mass is 398 g/mol. The van der Waals surface area contributed by atoms with Crippen LogP contribution in [-0.4, -0.2) is 22.0 Å². The SMILES string of the molecule is C[C@H]1CCC[C@H](C)N1Cc1ccc2oc(-c3ccccc3Br)nc2c1. The molecule has 1 saturated heterocycles.